The van der Waals surface area contributed by atoms with Crippen molar-refractivity contribution >= 4 is 5.78 Å². The molecule has 4 nitrogen and oxygen atoms in total. The Bertz CT molecular complexity index is 582. The normalized spacial score (nSPS) is 12.1. The number of Topliss-reactive ketones (excluding diaryl/α,β-unsaturated/α-hetero) is 1. The molecule has 0 aromatic heterocycles. The molecule has 0 radical (unpaired) electrons. The molecule has 19 heavy (non-hydrogen) atoms. The molecule has 1 atom stereocenters. The highest BCUT2D eigenvalue weighted by atomic mass is 16.3. The third-order valence-electron chi connectivity index (χ3n) is 2.95. The van der Waals surface area contributed by atoms with Gasteiger partial charge in [0.2, 0.25) is 0 Å². The van der Waals surface area contributed by atoms with E-state index >= 15 is 0 Å². The second-order valence-corrected chi connectivity index (χ2v) is 4.35. The van der Waals surface area contributed by atoms with Crippen molar-refractivity contribution < 1.29 is 20.1 Å². The maximum absolute atomic E-state index is 11.8. The fourth-order valence-corrected chi connectivity index (χ4v) is 2.15. The molecular formula is C15H14O4. The molecule has 0 aliphatic carbocycles. The van der Waals surface area contributed by atoms with Crippen LogP contribution in [0.25, 0.3) is 0 Å². The van der Waals surface area contributed by atoms with Gasteiger partial charge in [-0.1, -0.05) is 30.3 Å². The van der Waals surface area contributed by atoms with E-state index in [0.717, 1.165) is 12.1 Å². The minimum atomic E-state index is -0.762. The highest BCUT2D eigenvalue weighted by Gasteiger charge is 2.25. The van der Waals surface area contributed by atoms with Gasteiger partial charge in [-0.3, -0.25) is 4.79 Å². The molecule has 0 spiro atoms. The van der Waals surface area contributed by atoms with Crippen molar-refractivity contribution in [3.05, 3.63) is 53.6 Å². The molecular weight excluding hydrogens is 244 g/mol. The second kappa shape index (κ2) is 5.02. The van der Waals surface area contributed by atoms with E-state index in [-0.39, 0.29) is 28.6 Å². The van der Waals surface area contributed by atoms with Crippen LogP contribution in [0.2, 0.25) is 0 Å². The number of phenolic OH excluding ortho intramolecular Hbond substituents is 3. The summed E-state index contributed by atoms with van der Waals surface area (Å²) in [5.41, 5.74) is 0.780. The summed E-state index contributed by atoms with van der Waals surface area (Å²) in [6.07, 6.45) is 0. The smallest absolute Gasteiger partial charge is 0.141 e. The largest absolute Gasteiger partial charge is 0.508 e. The van der Waals surface area contributed by atoms with Crippen LogP contribution in [0.1, 0.15) is 24.0 Å². The Morgan fingerprint density at radius 1 is 1.00 bits per heavy atom. The van der Waals surface area contributed by atoms with Crippen LogP contribution in [0.4, 0.5) is 0 Å². The fourth-order valence-electron chi connectivity index (χ4n) is 2.15. The summed E-state index contributed by atoms with van der Waals surface area (Å²) in [5.74, 6) is -1.83. The minimum absolute atomic E-state index is 0.108. The Hall–Kier alpha value is -2.49. The number of carbonyl (C=O) groups is 1. The molecule has 3 N–H and O–H groups in total. The molecule has 0 heterocycles. The van der Waals surface area contributed by atoms with Gasteiger partial charge in [-0.05, 0) is 12.5 Å². The van der Waals surface area contributed by atoms with Crippen molar-refractivity contribution in [3.8, 4) is 17.2 Å². The Balaban J connectivity index is 2.62. The maximum atomic E-state index is 11.8. The zero-order chi connectivity index (χ0) is 14.0. The van der Waals surface area contributed by atoms with Crippen molar-refractivity contribution in [2.75, 3.05) is 0 Å². The number of phenols is 3. The SMILES string of the molecule is CC(=O)[C@@H](c1ccccc1)c1c(O)cc(O)cc1O. The molecule has 2 aromatic carbocycles. The van der Waals surface area contributed by atoms with Gasteiger partial charge in [-0.25, -0.2) is 0 Å². The van der Waals surface area contributed by atoms with Crippen molar-refractivity contribution in [2.24, 2.45) is 0 Å². The molecule has 98 valence electrons. The second-order valence-electron chi connectivity index (χ2n) is 4.35. The van der Waals surface area contributed by atoms with E-state index in [4.69, 9.17) is 0 Å². The predicted molar refractivity (Wildman–Crippen MR) is 70.4 cm³/mol. The Morgan fingerprint density at radius 3 is 2.00 bits per heavy atom. The van der Waals surface area contributed by atoms with Gasteiger partial charge in [-0.15, -0.1) is 0 Å². The zero-order valence-electron chi connectivity index (χ0n) is 10.4. The Labute approximate surface area is 110 Å². The average molecular weight is 258 g/mol. The van der Waals surface area contributed by atoms with Crippen molar-refractivity contribution in [1.29, 1.82) is 0 Å². The summed E-state index contributed by atoms with van der Waals surface area (Å²) in [7, 11) is 0. The first-order valence-corrected chi connectivity index (χ1v) is 5.81. The quantitative estimate of drug-likeness (QED) is 0.790. The predicted octanol–water partition coefficient (Wildman–Crippen LogP) is 2.52. The first-order valence-electron chi connectivity index (χ1n) is 5.81. The summed E-state index contributed by atoms with van der Waals surface area (Å²) in [6, 6.07) is 11.1. The molecule has 0 unspecified atom stereocenters. The van der Waals surface area contributed by atoms with Crippen LogP contribution in [-0.2, 0) is 4.79 Å². The van der Waals surface area contributed by atoms with E-state index < -0.39 is 5.92 Å². The monoisotopic (exact) mass is 258 g/mol. The van der Waals surface area contributed by atoms with Crippen LogP contribution < -0.4 is 0 Å². The zero-order valence-corrected chi connectivity index (χ0v) is 10.4. The standard InChI is InChI=1S/C15H14O4/c1-9(16)14(10-5-3-2-4-6-10)15-12(18)7-11(17)8-13(15)19/h2-8,14,17-19H,1H3/t14-/m0/s1. The van der Waals surface area contributed by atoms with Gasteiger partial charge in [0.25, 0.3) is 0 Å². The molecule has 2 rings (SSSR count). The molecule has 0 amide bonds. The molecule has 0 fully saturated rings. The molecule has 0 aliphatic heterocycles. The van der Waals surface area contributed by atoms with Gasteiger partial charge in [0.15, 0.2) is 0 Å². The van der Waals surface area contributed by atoms with Crippen LogP contribution >= 0.6 is 0 Å². The van der Waals surface area contributed by atoms with Crippen molar-refractivity contribution in [3.63, 3.8) is 0 Å². The summed E-state index contributed by atoms with van der Waals surface area (Å²) in [4.78, 5) is 11.8. The highest BCUT2D eigenvalue weighted by Crippen LogP contribution is 2.40. The molecule has 0 aliphatic rings. The fraction of sp³-hybridized carbons (Fsp3) is 0.133. The number of carbonyl (C=O) groups excluding carboxylic acids is 1. The molecule has 0 bridgehead atoms. The number of hydrogen-bond donors (Lipinski definition) is 3. The minimum Gasteiger partial charge on any atom is -0.508 e. The third-order valence-corrected chi connectivity index (χ3v) is 2.95. The maximum Gasteiger partial charge on any atom is 0.141 e. The lowest BCUT2D eigenvalue weighted by molar-refractivity contribution is -0.117. The van der Waals surface area contributed by atoms with E-state index in [1.807, 2.05) is 6.07 Å². The lowest BCUT2D eigenvalue weighted by atomic mass is 9.87. The Kier molecular flexibility index (Phi) is 3.42. The first-order chi connectivity index (χ1) is 9.00. The number of ketones is 1. The Morgan fingerprint density at radius 2 is 1.53 bits per heavy atom. The van der Waals surface area contributed by atoms with Gasteiger partial charge in [-0.2, -0.15) is 0 Å². The van der Waals surface area contributed by atoms with Gasteiger partial charge in [0.05, 0.1) is 11.5 Å². The van der Waals surface area contributed by atoms with Crippen LogP contribution in [0.15, 0.2) is 42.5 Å². The number of aromatic hydroxyl groups is 3. The van der Waals surface area contributed by atoms with E-state index in [1.165, 1.54) is 6.92 Å². The van der Waals surface area contributed by atoms with Gasteiger partial charge < -0.3 is 15.3 Å². The van der Waals surface area contributed by atoms with E-state index in [9.17, 15) is 20.1 Å². The van der Waals surface area contributed by atoms with Crippen LogP contribution in [0.5, 0.6) is 17.2 Å². The van der Waals surface area contributed by atoms with Gasteiger partial charge >= 0.3 is 0 Å². The molecule has 0 saturated carbocycles. The topological polar surface area (TPSA) is 77.8 Å². The van der Waals surface area contributed by atoms with Crippen LogP contribution in [0, 0.1) is 0 Å². The van der Waals surface area contributed by atoms with Crippen LogP contribution in [-0.4, -0.2) is 21.1 Å². The molecule has 4 heteroatoms. The van der Waals surface area contributed by atoms with Gasteiger partial charge in [0.1, 0.15) is 23.0 Å². The van der Waals surface area contributed by atoms with Crippen LogP contribution in [0.3, 0.4) is 0 Å². The first kappa shape index (κ1) is 13.0. The van der Waals surface area contributed by atoms with E-state index in [1.54, 1.807) is 24.3 Å². The number of benzene rings is 2. The lowest BCUT2D eigenvalue weighted by Crippen LogP contribution is -2.11. The highest BCUT2D eigenvalue weighted by molar-refractivity contribution is 5.88. The van der Waals surface area contributed by atoms with Gasteiger partial charge in [0, 0.05) is 12.1 Å². The molecule has 2 aromatic rings. The average Bonchev–Trinajstić information content (AvgIpc) is 2.34. The summed E-state index contributed by atoms with van der Waals surface area (Å²) >= 11 is 0. The summed E-state index contributed by atoms with van der Waals surface area (Å²) < 4.78 is 0. The number of rotatable bonds is 3. The lowest BCUT2D eigenvalue weighted by Gasteiger charge is -2.17. The molecule has 0 saturated heterocycles. The van der Waals surface area contributed by atoms with Crippen molar-refractivity contribution in [2.45, 2.75) is 12.8 Å². The van der Waals surface area contributed by atoms with E-state index in [0.29, 0.717) is 5.56 Å². The van der Waals surface area contributed by atoms with E-state index in [2.05, 4.69) is 0 Å². The summed E-state index contributed by atoms with van der Waals surface area (Å²) in [5, 5.41) is 29.1. The summed E-state index contributed by atoms with van der Waals surface area (Å²) in [6.45, 7) is 1.39. The van der Waals surface area contributed by atoms with Crippen molar-refractivity contribution in [1.82, 2.24) is 0 Å². The number of hydrogen-bond acceptors (Lipinski definition) is 4. The third kappa shape index (κ3) is 2.52.